The van der Waals surface area contributed by atoms with Gasteiger partial charge in [-0.3, -0.25) is 14.2 Å². The molecule has 1 N–H and O–H groups in total. The van der Waals surface area contributed by atoms with Crippen molar-refractivity contribution in [3.05, 3.63) is 94.3 Å². The van der Waals surface area contributed by atoms with Gasteiger partial charge in [0.05, 0.1) is 36.0 Å². The number of benzene rings is 3. The topological polar surface area (TPSA) is 73.2 Å². The second kappa shape index (κ2) is 9.83. The lowest BCUT2D eigenvalue weighted by Crippen LogP contribution is -2.25. The van der Waals surface area contributed by atoms with E-state index in [0.717, 1.165) is 35.5 Å². The van der Waals surface area contributed by atoms with Gasteiger partial charge >= 0.3 is 0 Å². The number of rotatable bonds is 7. The van der Waals surface area contributed by atoms with Gasteiger partial charge in [-0.2, -0.15) is 0 Å². The molecule has 4 aromatic rings. The first-order chi connectivity index (χ1) is 15.9. The summed E-state index contributed by atoms with van der Waals surface area (Å²) in [7, 11) is 1.57. The summed E-state index contributed by atoms with van der Waals surface area (Å²) in [5.41, 5.74) is 0.869. The van der Waals surface area contributed by atoms with Crippen molar-refractivity contribution in [3.63, 3.8) is 0 Å². The molecule has 1 heterocycles. The van der Waals surface area contributed by atoms with Crippen LogP contribution in [0.3, 0.4) is 0 Å². The first-order valence-corrected chi connectivity index (χ1v) is 10.9. The zero-order valence-electron chi connectivity index (χ0n) is 17.5. The van der Waals surface area contributed by atoms with Crippen LogP contribution in [-0.2, 0) is 11.3 Å². The molecule has 0 aliphatic carbocycles. The van der Waals surface area contributed by atoms with E-state index in [1.165, 1.54) is 4.57 Å². The molecule has 0 unspecified atom stereocenters. The third-order valence-electron chi connectivity index (χ3n) is 4.86. The first-order valence-electron chi connectivity index (χ1n) is 9.95. The van der Waals surface area contributed by atoms with E-state index in [2.05, 4.69) is 10.3 Å². The van der Waals surface area contributed by atoms with Gasteiger partial charge in [-0.15, -0.1) is 0 Å². The molecule has 0 saturated heterocycles. The van der Waals surface area contributed by atoms with Gasteiger partial charge in [0.2, 0.25) is 5.91 Å². The van der Waals surface area contributed by atoms with Crippen molar-refractivity contribution in [2.24, 2.45) is 0 Å². The number of thioether (sulfide) groups is 1. The standard InChI is InChI=1S/C24H19F2N3O3S/c1-32-17-9-6-15(7-10-17)13-29-23(31)18-4-2-3-5-20(18)28-24(29)33-14-22(30)27-21-12-16(25)8-11-19(21)26/h2-12H,13-14H2,1H3,(H,27,30). The number of nitrogens with zero attached hydrogens (tertiary/aromatic N) is 2. The van der Waals surface area contributed by atoms with E-state index in [9.17, 15) is 18.4 Å². The van der Waals surface area contributed by atoms with Gasteiger partial charge in [0, 0.05) is 6.07 Å². The number of aromatic nitrogens is 2. The molecule has 6 nitrogen and oxygen atoms in total. The summed E-state index contributed by atoms with van der Waals surface area (Å²) < 4.78 is 33.9. The van der Waals surface area contributed by atoms with Crippen molar-refractivity contribution >= 4 is 34.3 Å². The molecule has 0 aliphatic heterocycles. The van der Waals surface area contributed by atoms with E-state index in [4.69, 9.17) is 4.74 Å². The normalized spacial score (nSPS) is 10.9. The summed E-state index contributed by atoms with van der Waals surface area (Å²) in [4.78, 5) is 30.1. The van der Waals surface area contributed by atoms with Crippen molar-refractivity contribution in [1.82, 2.24) is 9.55 Å². The molecule has 4 rings (SSSR count). The van der Waals surface area contributed by atoms with Crippen LogP contribution in [0.15, 0.2) is 76.7 Å². The minimum absolute atomic E-state index is 0.149. The molecule has 0 bridgehead atoms. The van der Waals surface area contributed by atoms with Crippen molar-refractivity contribution in [1.29, 1.82) is 0 Å². The highest BCUT2D eigenvalue weighted by Gasteiger charge is 2.15. The van der Waals surface area contributed by atoms with E-state index in [0.29, 0.717) is 21.8 Å². The molecule has 33 heavy (non-hydrogen) atoms. The molecule has 1 aromatic heterocycles. The molecule has 0 aliphatic rings. The molecule has 1 amide bonds. The minimum Gasteiger partial charge on any atom is -0.497 e. The number of fused-ring (bicyclic) bond motifs is 1. The highest BCUT2D eigenvalue weighted by molar-refractivity contribution is 7.99. The zero-order chi connectivity index (χ0) is 23.4. The SMILES string of the molecule is COc1ccc(Cn2c(SCC(=O)Nc3cc(F)ccc3F)nc3ccccc3c2=O)cc1. The predicted molar refractivity (Wildman–Crippen MR) is 124 cm³/mol. The number of halogens is 2. The van der Waals surface area contributed by atoms with E-state index in [1.807, 2.05) is 12.1 Å². The van der Waals surface area contributed by atoms with Crippen LogP contribution in [0.1, 0.15) is 5.56 Å². The number of anilines is 1. The van der Waals surface area contributed by atoms with Crippen LogP contribution >= 0.6 is 11.8 Å². The maximum atomic E-state index is 13.8. The molecule has 3 aromatic carbocycles. The van der Waals surface area contributed by atoms with Crippen LogP contribution < -0.4 is 15.6 Å². The lowest BCUT2D eigenvalue weighted by atomic mass is 10.2. The third-order valence-corrected chi connectivity index (χ3v) is 5.84. The smallest absolute Gasteiger partial charge is 0.262 e. The molecule has 0 saturated carbocycles. The maximum absolute atomic E-state index is 13.8. The van der Waals surface area contributed by atoms with Gasteiger partial charge in [-0.1, -0.05) is 36.0 Å². The Morgan fingerprint density at radius 1 is 1.09 bits per heavy atom. The molecule has 0 spiro atoms. The summed E-state index contributed by atoms with van der Waals surface area (Å²) in [6.45, 7) is 0.239. The van der Waals surface area contributed by atoms with Crippen molar-refractivity contribution in [2.75, 3.05) is 18.2 Å². The van der Waals surface area contributed by atoms with E-state index in [1.54, 1.807) is 43.5 Å². The number of amides is 1. The van der Waals surface area contributed by atoms with Crippen LogP contribution in [0.5, 0.6) is 5.75 Å². The fourth-order valence-corrected chi connectivity index (χ4v) is 4.02. The molecule has 0 fully saturated rings. The lowest BCUT2D eigenvalue weighted by Gasteiger charge is -2.14. The van der Waals surface area contributed by atoms with Gasteiger partial charge in [0.1, 0.15) is 17.4 Å². The molecular formula is C24H19F2N3O3S. The van der Waals surface area contributed by atoms with Crippen molar-refractivity contribution in [3.8, 4) is 5.75 Å². The van der Waals surface area contributed by atoms with Crippen LogP contribution in [-0.4, -0.2) is 28.3 Å². The largest absolute Gasteiger partial charge is 0.497 e. The van der Waals surface area contributed by atoms with Gasteiger partial charge < -0.3 is 10.1 Å². The summed E-state index contributed by atoms with van der Waals surface area (Å²) in [6.07, 6.45) is 0. The minimum atomic E-state index is -0.741. The van der Waals surface area contributed by atoms with E-state index >= 15 is 0 Å². The number of hydrogen-bond acceptors (Lipinski definition) is 5. The Labute approximate surface area is 192 Å². The van der Waals surface area contributed by atoms with Crippen LogP contribution in [0.2, 0.25) is 0 Å². The summed E-state index contributed by atoms with van der Waals surface area (Å²) in [5, 5.41) is 3.15. The number of carbonyl (C=O) groups excluding carboxylic acids is 1. The van der Waals surface area contributed by atoms with Gasteiger partial charge in [0.15, 0.2) is 5.16 Å². The Morgan fingerprint density at radius 2 is 1.85 bits per heavy atom. The monoisotopic (exact) mass is 467 g/mol. The highest BCUT2D eigenvalue weighted by atomic mass is 32.2. The predicted octanol–water partition coefficient (Wildman–Crippen LogP) is 4.46. The Bertz CT molecular complexity index is 1370. The highest BCUT2D eigenvalue weighted by Crippen LogP contribution is 2.21. The Hall–Kier alpha value is -3.72. The van der Waals surface area contributed by atoms with Crippen LogP contribution in [0, 0.1) is 11.6 Å². The van der Waals surface area contributed by atoms with Crippen LogP contribution in [0.4, 0.5) is 14.5 Å². The second-order valence-corrected chi connectivity index (χ2v) is 8.05. The maximum Gasteiger partial charge on any atom is 0.262 e. The summed E-state index contributed by atoms with van der Waals surface area (Å²) >= 11 is 1.04. The third kappa shape index (κ3) is 5.20. The number of nitrogens with one attached hydrogen (secondary N) is 1. The number of hydrogen-bond donors (Lipinski definition) is 1. The number of ether oxygens (including phenoxy) is 1. The Balaban J connectivity index is 1.61. The van der Waals surface area contributed by atoms with E-state index in [-0.39, 0.29) is 23.5 Å². The van der Waals surface area contributed by atoms with Crippen molar-refractivity contribution < 1.29 is 18.3 Å². The zero-order valence-corrected chi connectivity index (χ0v) is 18.4. The average molecular weight is 467 g/mol. The number of methoxy groups -OCH3 is 1. The average Bonchev–Trinajstić information content (AvgIpc) is 2.82. The molecule has 9 heteroatoms. The Kier molecular flexibility index (Phi) is 6.69. The number of carbonyl (C=O) groups is 1. The fourth-order valence-electron chi connectivity index (χ4n) is 3.22. The van der Waals surface area contributed by atoms with Crippen LogP contribution in [0.25, 0.3) is 10.9 Å². The molecule has 0 atom stereocenters. The van der Waals surface area contributed by atoms with E-state index < -0.39 is 17.5 Å². The van der Waals surface area contributed by atoms with Gasteiger partial charge in [-0.05, 0) is 42.0 Å². The molecule has 168 valence electrons. The summed E-state index contributed by atoms with van der Waals surface area (Å²) in [5.74, 6) is -1.41. The quantitative estimate of drug-likeness (QED) is 0.321. The second-order valence-electron chi connectivity index (χ2n) is 7.11. The summed E-state index contributed by atoms with van der Waals surface area (Å²) in [6, 6.07) is 17.0. The fraction of sp³-hybridized carbons (Fsp3) is 0.125. The van der Waals surface area contributed by atoms with Crippen molar-refractivity contribution in [2.45, 2.75) is 11.7 Å². The lowest BCUT2D eigenvalue weighted by molar-refractivity contribution is -0.113. The Morgan fingerprint density at radius 3 is 2.61 bits per heavy atom. The van der Waals surface area contributed by atoms with Gasteiger partial charge in [-0.25, -0.2) is 13.8 Å². The first kappa shape index (κ1) is 22.5. The molecular weight excluding hydrogens is 448 g/mol. The number of para-hydroxylation sites is 1. The van der Waals surface area contributed by atoms with Gasteiger partial charge in [0.25, 0.3) is 5.56 Å². The molecule has 0 radical (unpaired) electrons.